The highest BCUT2D eigenvalue weighted by Gasteiger charge is 2.60. The lowest BCUT2D eigenvalue weighted by Gasteiger charge is -2.54. The van der Waals surface area contributed by atoms with E-state index in [1.54, 1.807) is 12.2 Å². The Kier molecular flexibility index (Phi) is 2.74. The molecule has 4 aliphatic rings. The van der Waals surface area contributed by atoms with Crippen LogP contribution in [-0.2, 0) is 14.4 Å². The molecule has 3 saturated carbocycles. The molecule has 3 heteroatoms. The molecule has 4 aliphatic carbocycles. The zero-order valence-electron chi connectivity index (χ0n) is 13.2. The number of ketones is 3. The Morgan fingerprint density at radius 1 is 1.09 bits per heavy atom. The Morgan fingerprint density at radius 2 is 1.86 bits per heavy atom. The van der Waals surface area contributed by atoms with E-state index >= 15 is 0 Å². The minimum Gasteiger partial charge on any atom is -0.299 e. The van der Waals surface area contributed by atoms with Crippen LogP contribution in [0.3, 0.4) is 0 Å². The van der Waals surface area contributed by atoms with E-state index in [0.29, 0.717) is 36.0 Å². The number of allylic oxidation sites excluding steroid dienone is 4. The van der Waals surface area contributed by atoms with E-state index in [4.69, 9.17) is 0 Å². The first-order chi connectivity index (χ1) is 10.4. The van der Waals surface area contributed by atoms with E-state index in [1.165, 1.54) is 0 Å². The minimum atomic E-state index is -0.319. The van der Waals surface area contributed by atoms with Gasteiger partial charge in [0.2, 0.25) is 0 Å². The maximum absolute atomic E-state index is 12.7. The quantitative estimate of drug-likeness (QED) is 0.690. The summed E-state index contributed by atoms with van der Waals surface area (Å²) in [5, 5.41) is 0. The molecule has 0 saturated heterocycles. The van der Waals surface area contributed by atoms with Crippen molar-refractivity contribution in [3.05, 3.63) is 23.8 Å². The van der Waals surface area contributed by atoms with Crippen molar-refractivity contribution in [3.8, 4) is 0 Å². The molecule has 4 rings (SSSR count). The minimum absolute atomic E-state index is 0.0732. The second kappa shape index (κ2) is 4.27. The average molecular weight is 298 g/mol. The fraction of sp³-hybridized carbons (Fsp3) is 0.632. The summed E-state index contributed by atoms with van der Waals surface area (Å²) in [5.41, 5.74) is 0.169. The lowest BCUT2D eigenvalue weighted by Crippen LogP contribution is -2.52. The molecule has 3 nitrogen and oxygen atoms in total. The number of hydrogen-bond acceptors (Lipinski definition) is 3. The van der Waals surface area contributed by atoms with Gasteiger partial charge in [-0.05, 0) is 49.2 Å². The van der Waals surface area contributed by atoms with Gasteiger partial charge in [-0.15, -0.1) is 0 Å². The lowest BCUT2D eigenvalue weighted by molar-refractivity contribution is -0.135. The van der Waals surface area contributed by atoms with Crippen LogP contribution in [0, 0.1) is 28.6 Å². The van der Waals surface area contributed by atoms with Crippen molar-refractivity contribution < 1.29 is 14.4 Å². The monoisotopic (exact) mass is 298 g/mol. The molecule has 116 valence electrons. The summed E-state index contributed by atoms with van der Waals surface area (Å²) < 4.78 is 0. The van der Waals surface area contributed by atoms with Gasteiger partial charge in [-0.3, -0.25) is 14.4 Å². The normalized spacial score (nSPS) is 46.9. The molecule has 0 bridgehead atoms. The van der Waals surface area contributed by atoms with Crippen LogP contribution in [0.2, 0.25) is 0 Å². The highest BCUT2D eigenvalue weighted by molar-refractivity contribution is 6.10. The Morgan fingerprint density at radius 3 is 2.64 bits per heavy atom. The standard InChI is InChI=1S/C19H22O3/c1-18-7-5-11(20)9-15(18)16(21)10-12-13-3-4-17(22)19(13,2)8-6-14(12)18/h5,7,9,12-14H,3-4,6,8,10H2,1-2H3/t12?,13?,14?,18-,19+/m1/s1. The third kappa shape index (κ3) is 1.60. The van der Waals surface area contributed by atoms with Gasteiger partial charge in [-0.25, -0.2) is 0 Å². The molecule has 0 radical (unpaired) electrons. The fourth-order valence-electron chi connectivity index (χ4n) is 5.81. The van der Waals surface area contributed by atoms with E-state index in [9.17, 15) is 14.4 Å². The number of Topliss-reactive ketones (excluding diaryl/α,β-unsaturated/α-hetero) is 2. The number of rotatable bonds is 0. The molecule has 3 fully saturated rings. The van der Waals surface area contributed by atoms with Gasteiger partial charge in [0.15, 0.2) is 11.6 Å². The molecule has 0 aromatic rings. The zero-order chi connectivity index (χ0) is 15.7. The molecule has 0 amide bonds. The van der Waals surface area contributed by atoms with Gasteiger partial charge >= 0.3 is 0 Å². The first-order valence-electron chi connectivity index (χ1n) is 8.38. The molecule has 5 atom stereocenters. The summed E-state index contributed by atoms with van der Waals surface area (Å²) in [6, 6.07) is 0. The van der Waals surface area contributed by atoms with Crippen molar-refractivity contribution in [3.63, 3.8) is 0 Å². The summed E-state index contributed by atoms with van der Waals surface area (Å²) in [5.74, 6) is 1.44. The fourth-order valence-corrected chi connectivity index (χ4v) is 5.81. The van der Waals surface area contributed by atoms with Crippen molar-refractivity contribution in [1.29, 1.82) is 0 Å². The maximum atomic E-state index is 12.7. The van der Waals surface area contributed by atoms with Crippen molar-refractivity contribution in [1.82, 2.24) is 0 Å². The van der Waals surface area contributed by atoms with Crippen molar-refractivity contribution in [2.24, 2.45) is 28.6 Å². The van der Waals surface area contributed by atoms with Crippen LogP contribution < -0.4 is 0 Å². The summed E-state index contributed by atoms with van der Waals surface area (Å²) in [6.45, 7) is 4.22. The molecule has 0 aromatic carbocycles. The second-order valence-electron chi connectivity index (χ2n) is 8.00. The summed E-state index contributed by atoms with van der Waals surface area (Å²) >= 11 is 0. The van der Waals surface area contributed by atoms with E-state index in [1.807, 2.05) is 6.08 Å². The number of carbonyl (C=O) groups is 3. The topological polar surface area (TPSA) is 51.2 Å². The molecule has 0 heterocycles. The van der Waals surface area contributed by atoms with Gasteiger partial charge in [0.25, 0.3) is 0 Å². The Balaban J connectivity index is 1.78. The van der Waals surface area contributed by atoms with Crippen LogP contribution >= 0.6 is 0 Å². The predicted molar refractivity (Wildman–Crippen MR) is 82.0 cm³/mol. The largest absolute Gasteiger partial charge is 0.299 e. The molecule has 0 spiro atoms. The Bertz CT molecular complexity index is 656. The van der Waals surface area contributed by atoms with Crippen molar-refractivity contribution in [2.75, 3.05) is 0 Å². The molecule has 0 N–H and O–H groups in total. The van der Waals surface area contributed by atoms with Crippen LogP contribution in [0.1, 0.15) is 46.0 Å². The average Bonchev–Trinajstić information content (AvgIpc) is 2.77. The van der Waals surface area contributed by atoms with Gasteiger partial charge in [0, 0.05) is 29.2 Å². The number of carbonyl (C=O) groups excluding carboxylic acids is 3. The van der Waals surface area contributed by atoms with Gasteiger partial charge in [0.05, 0.1) is 0 Å². The third-order valence-corrected chi connectivity index (χ3v) is 7.10. The van der Waals surface area contributed by atoms with Crippen LogP contribution in [-0.4, -0.2) is 17.3 Å². The highest BCUT2D eigenvalue weighted by Crippen LogP contribution is 2.62. The van der Waals surface area contributed by atoms with Gasteiger partial charge in [-0.1, -0.05) is 19.9 Å². The third-order valence-electron chi connectivity index (χ3n) is 7.10. The zero-order valence-corrected chi connectivity index (χ0v) is 13.2. The van der Waals surface area contributed by atoms with Crippen LogP contribution in [0.5, 0.6) is 0 Å². The Hall–Kier alpha value is -1.51. The van der Waals surface area contributed by atoms with E-state index in [-0.39, 0.29) is 28.3 Å². The van der Waals surface area contributed by atoms with Gasteiger partial charge < -0.3 is 0 Å². The number of fused-ring (bicyclic) bond motifs is 5. The molecular weight excluding hydrogens is 276 g/mol. The second-order valence-corrected chi connectivity index (χ2v) is 8.00. The lowest BCUT2D eigenvalue weighted by atomic mass is 9.48. The Labute approximate surface area is 130 Å². The molecule has 0 aliphatic heterocycles. The van der Waals surface area contributed by atoms with E-state index in [2.05, 4.69) is 13.8 Å². The first kappa shape index (κ1) is 14.1. The smallest absolute Gasteiger partial charge is 0.178 e. The predicted octanol–water partition coefficient (Wildman–Crippen LogP) is 3.04. The summed E-state index contributed by atoms with van der Waals surface area (Å²) in [7, 11) is 0. The first-order valence-corrected chi connectivity index (χ1v) is 8.38. The number of hydrogen-bond donors (Lipinski definition) is 0. The highest BCUT2D eigenvalue weighted by atomic mass is 16.1. The van der Waals surface area contributed by atoms with Gasteiger partial charge in [-0.2, -0.15) is 0 Å². The van der Waals surface area contributed by atoms with Crippen LogP contribution in [0.15, 0.2) is 23.8 Å². The SMILES string of the molecule is C[C@]12C=CC(=O)C=C1C(=O)CC1C2CC[C@]2(C)C(=O)CCC12. The molecule has 3 unspecified atom stereocenters. The summed E-state index contributed by atoms with van der Waals surface area (Å²) in [4.78, 5) is 36.7. The van der Waals surface area contributed by atoms with Crippen molar-refractivity contribution >= 4 is 17.3 Å². The molecule has 0 aromatic heterocycles. The van der Waals surface area contributed by atoms with Crippen molar-refractivity contribution in [2.45, 2.75) is 46.0 Å². The van der Waals surface area contributed by atoms with E-state index < -0.39 is 0 Å². The molecular formula is C19H22O3. The van der Waals surface area contributed by atoms with E-state index in [0.717, 1.165) is 19.3 Å². The van der Waals surface area contributed by atoms with Crippen LogP contribution in [0.25, 0.3) is 0 Å². The summed E-state index contributed by atoms with van der Waals surface area (Å²) in [6.07, 6.45) is 9.14. The maximum Gasteiger partial charge on any atom is 0.178 e. The van der Waals surface area contributed by atoms with Gasteiger partial charge in [0.1, 0.15) is 5.78 Å². The van der Waals surface area contributed by atoms with Crippen LogP contribution in [0.4, 0.5) is 0 Å². The molecule has 22 heavy (non-hydrogen) atoms.